The molecular weight excluding hydrogens is 254 g/mol. The average molecular weight is 264 g/mol. The number of pyridine rings is 1. The number of rotatable bonds is 1. The van der Waals surface area contributed by atoms with Crippen LogP contribution in [-0.2, 0) is 0 Å². The SMILES string of the molecule is NCCC#Cc1c[nH]c2ncc(Br)cc12. The van der Waals surface area contributed by atoms with Crippen LogP contribution >= 0.6 is 15.9 Å². The van der Waals surface area contributed by atoms with E-state index in [0.717, 1.165) is 21.1 Å². The number of nitrogens with two attached hydrogens (primary N) is 1. The summed E-state index contributed by atoms with van der Waals surface area (Å²) in [4.78, 5) is 7.31. The summed E-state index contributed by atoms with van der Waals surface area (Å²) in [6, 6.07) is 2.01. The molecule has 0 aliphatic rings. The van der Waals surface area contributed by atoms with Gasteiger partial charge in [0, 0.05) is 35.2 Å². The van der Waals surface area contributed by atoms with Crippen molar-refractivity contribution in [3.05, 3.63) is 28.5 Å². The lowest BCUT2D eigenvalue weighted by atomic mass is 10.2. The van der Waals surface area contributed by atoms with Crippen LogP contribution in [0.15, 0.2) is 22.9 Å². The van der Waals surface area contributed by atoms with Gasteiger partial charge in [0.25, 0.3) is 0 Å². The number of nitrogens with zero attached hydrogens (tertiary/aromatic N) is 1. The molecule has 2 aromatic heterocycles. The van der Waals surface area contributed by atoms with E-state index in [1.165, 1.54) is 0 Å². The molecule has 76 valence electrons. The normalized spacial score (nSPS) is 10.0. The van der Waals surface area contributed by atoms with Gasteiger partial charge in [0.15, 0.2) is 0 Å². The highest BCUT2D eigenvalue weighted by Crippen LogP contribution is 2.19. The minimum Gasteiger partial charge on any atom is -0.345 e. The van der Waals surface area contributed by atoms with Gasteiger partial charge in [-0.05, 0) is 22.0 Å². The third kappa shape index (κ3) is 2.20. The predicted molar refractivity (Wildman–Crippen MR) is 64.3 cm³/mol. The lowest BCUT2D eigenvalue weighted by molar-refractivity contribution is 1.03. The molecule has 4 heteroatoms. The van der Waals surface area contributed by atoms with Crippen LogP contribution in [-0.4, -0.2) is 16.5 Å². The summed E-state index contributed by atoms with van der Waals surface area (Å²) in [5.41, 5.74) is 7.20. The molecule has 15 heavy (non-hydrogen) atoms. The molecule has 0 aromatic carbocycles. The second-order valence-electron chi connectivity index (χ2n) is 3.09. The highest BCUT2D eigenvalue weighted by molar-refractivity contribution is 9.10. The van der Waals surface area contributed by atoms with Crippen molar-refractivity contribution in [1.29, 1.82) is 0 Å². The molecule has 0 saturated carbocycles. The zero-order valence-electron chi connectivity index (χ0n) is 8.05. The van der Waals surface area contributed by atoms with E-state index in [-0.39, 0.29) is 0 Å². The Morgan fingerprint density at radius 3 is 3.20 bits per heavy atom. The Balaban J connectivity index is 2.45. The molecule has 0 radical (unpaired) electrons. The number of H-pyrrole nitrogens is 1. The Morgan fingerprint density at radius 1 is 1.53 bits per heavy atom. The van der Waals surface area contributed by atoms with Gasteiger partial charge in [-0.1, -0.05) is 11.8 Å². The first-order valence-electron chi connectivity index (χ1n) is 4.63. The molecule has 0 fully saturated rings. The molecule has 0 unspecified atom stereocenters. The number of hydrogen-bond donors (Lipinski definition) is 2. The Labute approximate surface area is 96.2 Å². The molecule has 0 amide bonds. The number of hydrogen-bond acceptors (Lipinski definition) is 2. The maximum Gasteiger partial charge on any atom is 0.138 e. The summed E-state index contributed by atoms with van der Waals surface area (Å²) in [6.45, 7) is 0.595. The van der Waals surface area contributed by atoms with Crippen LogP contribution in [0.3, 0.4) is 0 Å². The molecule has 2 rings (SSSR count). The standard InChI is InChI=1S/C11H10BrN3/c12-9-5-10-8(3-1-2-4-13)6-14-11(10)15-7-9/h5-7H,2,4,13H2,(H,14,15). The monoisotopic (exact) mass is 263 g/mol. The van der Waals surface area contributed by atoms with Crippen LogP contribution in [0.5, 0.6) is 0 Å². The molecule has 0 spiro atoms. The zero-order chi connectivity index (χ0) is 10.7. The van der Waals surface area contributed by atoms with Crippen molar-refractivity contribution in [3.63, 3.8) is 0 Å². The number of aromatic nitrogens is 2. The predicted octanol–water partition coefficient (Wildman–Crippen LogP) is 2.03. The Kier molecular flexibility index (Phi) is 3.05. The Hall–Kier alpha value is -1.31. The van der Waals surface area contributed by atoms with Gasteiger partial charge in [0.2, 0.25) is 0 Å². The van der Waals surface area contributed by atoms with Gasteiger partial charge in [0.05, 0.1) is 5.56 Å². The average Bonchev–Trinajstić information content (AvgIpc) is 2.62. The smallest absolute Gasteiger partial charge is 0.138 e. The fourth-order valence-corrected chi connectivity index (χ4v) is 1.64. The van der Waals surface area contributed by atoms with E-state index in [9.17, 15) is 0 Å². The van der Waals surface area contributed by atoms with Crippen molar-refractivity contribution in [2.24, 2.45) is 5.73 Å². The number of nitrogens with one attached hydrogen (secondary N) is 1. The van der Waals surface area contributed by atoms with Gasteiger partial charge < -0.3 is 10.7 Å². The van der Waals surface area contributed by atoms with Gasteiger partial charge in [-0.25, -0.2) is 4.98 Å². The largest absolute Gasteiger partial charge is 0.345 e. The van der Waals surface area contributed by atoms with Gasteiger partial charge >= 0.3 is 0 Å². The van der Waals surface area contributed by atoms with Gasteiger partial charge in [0.1, 0.15) is 5.65 Å². The van der Waals surface area contributed by atoms with Crippen molar-refractivity contribution >= 4 is 27.0 Å². The second kappa shape index (κ2) is 4.47. The van der Waals surface area contributed by atoms with Gasteiger partial charge in [-0.2, -0.15) is 0 Å². The summed E-state index contributed by atoms with van der Waals surface area (Å²) in [7, 11) is 0. The highest BCUT2D eigenvalue weighted by atomic mass is 79.9. The van der Waals surface area contributed by atoms with Crippen LogP contribution in [0, 0.1) is 11.8 Å². The summed E-state index contributed by atoms with van der Waals surface area (Å²) >= 11 is 3.39. The van der Waals surface area contributed by atoms with E-state index in [1.807, 2.05) is 12.3 Å². The molecule has 0 saturated heterocycles. The minimum atomic E-state index is 0.595. The summed E-state index contributed by atoms with van der Waals surface area (Å²) < 4.78 is 0.955. The summed E-state index contributed by atoms with van der Waals surface area (Å²) in [5.74, 6) is 6.08. The molecule has 3 nitrogen and oxygen atoms in total. The molecule has 2 aromatic rings. The second-order valence-corrected chi connectivity index (χ2v) is 4.01. The summed E-state index contributed by atoms with van der Waals surface area (Å²) in [6.07, 6.45) is 4.34. The van der Waals surface area contributed by atoms with Crippen molar-refractivity contribution < 1.29 is 0 Å². The maximum absolute atomic E-state index is 5.37. The molecular formula is C11H10BrN3. The maximum atomic E-state index is 5.37. The van der Waals surface area contributed by atoms with E-state index >= 15 is 0 Å². The third-order valence-corrected chi connectivity index (χ3v) is 2.42. The molecule has 2 heterocycles. The van der Waals surface area contributed by atoms with Crippen molar-refractivity contribution in [3.8, 4) is 11.8 Å². The van der Waals surface area contributed by atoms with Gasteiger partial charge in [-0.15, -0.1) is 0 Å². The Morgan fingerprint density at radius 2 is 2.40 bits per heavy atom. The molecule has 3 N–H and O–H groups in total. The van der Waals surface area contributed by atoms with E-state index in [1.54, 1.807) is 6.20 Å². The lowest BCUT2D eigenvalue weighted by Gasteiger charge is -1.91. The van der Waals surface area contributed by atoms with Crippen LogP contribution in [0.2, 0.25) is 0 Å². The van der Waals surface area contributed by atoms with Crippen LogP contribution in [0.25, 0.3) is 11.0 Å². The first-order chi connectivity index (χ1) is 7.31. The first-order valence-corrected chi connectivity index (χ1v) is 5.42. The molecule has 0 aliphatic heterocycles. The van der Waals surface area contributed by atoms with E-state index < -0.39 is 0 Å². The minimum absolute atomic E-state index is 0.595. The van der Waals surface area contributed by atoms with Crippen molar-refractivity contribution in [2.75, 3.05) is 6.54 Å². The van der Waals surface area contributed by atoms with Crippen LogP contribution in [0.1, 0.15) is 12.0 Å². The van der Waals surface area contributed by atoms with Crippen LogP contribution in [0.4, 0.5) is 0 Å². The molecule has 0 bridgehead atoms. The third-order valence-electron chi connectivity index (χ3n) is 1.99. The Bertz CT molecular complexity index is 533. The lowest BCUT2D eigenvalue weighted by Crippen LogP contribution is -1.95. The fourth-order valence-electron chi connectivity index (χ4n) is 1.31. The van der Waals surface area contributed by atoms with Gasteiger partial charge in [-0.3, -0.25) is 0 Å². The topological polar surface area (TPSA) is 54.7 Å². The first kappa shape index (κ1) is 10.2. The quantitative estimate of drug-likeness (QED) is 0.774. The van der Waals surface area contributed by atoms with E-state index in [4.69, 9.17) is 5.73 Å². The van der Waals surface area contributed by atoms with E-state index in [0.29, 0.717) is 13.0 Å². The summed E-state index contributed by atoms with van der Waals surface area (Å²) in [5, 5.41) is 1.04. The zero-order valence-corrected chi connectivity index (χ0v) is 9.63. The fraction of sp³-hybridized carbons (Fsp3) is 0.182. The van der Waals surface area contributed by atoms with Crippen molar-refractivity contribution in [1.82, 2.24) is 9.97 Å². The van der Waals surface area contributed by atoms with Crippen molar-refractivity contribution in [2.45, 2.75) is 6.42 Å². The molecule has 0 aliphatic carbocycles. The number of halogens is 1. The molecule has 0 atom stereocenters. The number of fused-ring (bicyclic) bond motifs is 1. The van der Waals surface area contributed by atoms with Crippen LogP contribution < -0.4 is 5.73 Å². The highest BCUT2D eigenvalue weighted by Gasteiger charge is 2.02. The van der Waals surface area contributed by atoms with E-state index in [2.05, 4.69) is 37.7 Å². The number of aromatic amines is 1.